The molecule has 0 aliphatic carbocycles. The van der Waals surface area contributed by atoms with Gasteiger partial charge in [0.1, 0.15) is 0 Å². The van der Waals surface area contributed by atoms with Crippen LogP contribution in [0.25, 0.3) is 0 Å². The van der Waals surface area contributed by atoms with Crippen LogP contribution in [0.5, 0.6) is 0 Å². The largest absolute Gasteiger partial charge is 0.432 e. The van der Waals surface area contributed by atoms with Gasteiger partial charge in [-0.05, 0) is 76.1 Å². The molecule has 0 saturated heterocycles. The maximum atomic E-state index is 12.1. The smallest absolute Gasteiger partial charge is 0.412 e. The fourth-order valence-corrected chi connectivity index (χ4v) is 2.85. The van der Waals surface area contributed by atoms with Crippen LogP contribution in [0.1, 0.15) is 34.0 Å². The number of nitrogens with zero attached hydrogens (tertiary/aromatic N) is 3. The molecule has 26 heavy (non-hydrogen) atoms. The average molecular weight is 487 g/mol. The summed E-state index contributed by atoms with van der Waals surface area (Å²) in [4.78, 5) is 21.4. The summed E-state index contributed by atoms with van der Waals surface area (Å²) >= 11 is 6.64. The molecule has 0 bridgehead atoms. The number of hydrogen-bond donors (Lipinski definition) is 2. The summed E-state index contributed by atoms with van der Waals surface area (Å²) in [6.45, 7) is 7.69. The van der Waals surface area contributed by atoms with Crippen LogP contribution in [-0.4, -0.2) is 44.4 Å². The van der Waals surface area contributed by atoms with Crippen LogP contribution in [0.3, 0.4) is 0 Å². The van der Waals surface area contributed by atoms with E-state index in [1.165, 1.54) is 11.0 Å². The van der Waals surface area contributed by atoms with Crippen molar-refractivity contribution < 1.29 is 14.9 Å². The first-order valence-electron chi connectivity index (χ1n) is 8.03. The lowest BCUT2D eigenvalue weighted by atomic mass is 9.84. The van der Waals surface area contributed by atoms with Gasteiger partial charge in [-0.25, -0.2) is 0 Å². The van der Waals surface area contributed by atoms with E-state index in [1.54, 1.807) is 25.4 Å². The molecule has 0 unspecified atom stereocenters. The van der Waals surface area contributed by atoms with Gasteiger partial charge in [0, 0.05) is 40.3 Å². The van der Waals surface area contributed by atoms with Gasteiger partial charge in [0.05, 0.1) is 12.2 Å². The Hall–Kier alpha value is -1.29. The van der Waals surface area contributed by atoms with Crippen molar-refractivity contribution in [3.05, 3.63) is 56.0 Å². The van der Waals surface area contributed by atoms with E-state index < -0.39 is 7.05 Å². The maximum absolute atomic E-state index is 12.1. The van der Waals surface area contributed by atoms with Gasteiger partial charge in [-0.15, -0.1) is 0 Å². The van der Waals surface area contributed by atoms with Crippen molar-refractivity contribution >= 4 is 44.8 Å². The predicted octanol–water partition coefficient (Wildman–Crippen LogP) is 3.37. The van der Waals surface area contributed by atoms with Crippen LogP contribution in [0.4, 0.5) is 0 Å². The zero-order valence-electron chi connectivity index (χ0n) is 15.2. The van der Waals surface area contributed by atoms with Crippen molar-refractivity contribution in [3.8, 4) is 0 Å². The van der Waals surface area contributed by atoms with Gasteiger partial charge in [-0.2, -0.15) is 0 Å². The van der Waals surface area contributed by atoms with E-state index in [0.29, 0.717) is 12.1 Å². The van der Waals surface area contributed by atoms with Crippen LogP contribution < -0.4 is 0 Å². The van der Waals surface area contributed by atoms with Crippen molar-refractivity contribution in [1.82, 2.24) is 14.8 Å². The Morgan fingerprint density at radius 2 is 1.65 bits per heavy atom. The van der Waals surface area contributed by atoms with Crippen LogP contribution in [0.15, 0.2) is 33.7 Å². The van der Waals surface area contributed by atoms with E-state index in [2.05, 4.69) is 41.8 Å². The summed E-state index contributed by atoms with van der Waals surface area (Å²) in [5.41, 5.74) is 3.27. The van der Waals surface area contributed by atoms with E-state index in [-0.39, 0.29) is 12.5 Å². The standard InChI is InChI=1S/C10H14BBrN2O2.C7H8BrNO/c1-4-14(11(3)16)10(15)8-5-13-6-9(12)7(8)2;1-5-6(4-10)2-9-3-7(5)8/h5-6,16H,4H2,1-3H3;2-3,10H,4H2,1H3. The molecule has 2 aromatic rings. The van der Waals surface area contributed by atoms with Gasteiger partial charge in [-0.3, -0.25) is 14.8 Å². The second-order valence-electron chi connectivity index (χ2n) is 5.58. The predicted molar refractivity (Wildman–Crippen MR) is 110 cm³/mol. The molecular weight excluding hydrogens is 465 g/mol. The third-order valence-corrected chi connectivity index (χ3v) is 5.46. The Labute approximate surface area is 171 Å². The molecule has 2 rings (SSSR count). The average Bonchev–Trinajstić information content (AvgIpc) is 2.60. The molecule has 2 heterocycles. The normalized spacial score (nSPS) is 10.0. The third kappa shape index (κ3) is 5.87. The number of aliphatic hydroxyl groups excluding tert-OH is 1. The first-order valence-corrected chi connectivity index (χ1v) is 9.62. The van der Waals surface area contributed by atoms with Crippen molar-refractivity contribution in [1.29, 1.82) is 0 Å². The van der Waals surface area contributed by atoms with E-state index in [0.717, 1.165) is 25.6 Å². The highest BCUT2D eigenvalue weighted by molar-refractivity contribution is 9.10. The van der Waals surface area contributed by atoms with E-state index >= 15 is 0 Å². The molecule has 0 fully saturated rings. The molecule has 0 aliphatic heterocycles. The Balaban J connectivity index is 0.000000289. The second kappa shape index (κ2) is 10.8. The Bertz CT molecular complexity index is 760. The molecule has 1 amide bonds. The topological polar surface area (TPSA) is 86.5 Å². The summed E-state index contributed by atoms with van der Waals surface area (Å²) < 4.78 is 1.74. The first-order chi connectivity index (χ1) is 12.2. The summed E-state index contributed by atoms with van der Waals surface area (Å²) in [5.74, 6) is -0.205. The van der Waals surface area contributed by atoms with Gasteiger partial charge in [0.15, 0.2) is 0 Å². The lowest BCUT2D eigenvalue weighted by molar-refractivity contribution is 0.0845. The van der Waals surface area contributed by atoms with E-state index in [4.69, 9.17) is 5.11 Å². The number of aliphatic hydroxyl groups is 1. The molecule has 0 aromatic carbocycles. The van der Waals surface area contributed by atoms with Crippen molar-refractivity contribution in [2.24, 2.45) is 0 Å². The quantitative estimate of drug-likeness (QED) is 0.647. The molecule has 0 saturated carbocycles. The minimum Gasteiger partial charge on any atom is -0.432 e. The fraction of sp³-hybridized carbons (Fsp3) is 0.353. The Morgan fingerprint density at radius 3 is 2.12 bits per heavy atom. The van der Waals surface area contributed by atoms with Crippen molar-refractivity contribution in [2.75, 3.05) is 6.54 Å². The fourth-order valence-electron chi connectivity index (χ4n) is 2.15. The summed E-state index contributed by atoms with van der Waals surface area (Å²) in [5, 5.41) is 18.3. The van der Waals surface area contributed by atoms with Gasteiger partial charge < -0.3 is 14.9 Å². The number of hydrogen-bond acceptors (Lipinski definition) is 5. The Kier molecular flexibility index (Phi) is 9.42. The zero-order valence-corrected chi connectivity index (χ0v) is 18.4. The zero-order chi connectivity index (χ0) is 19.9. The number of rotatable bonds is 4. The van der Waals surface area contributed by atoms with Gasteiger partial charge in [0.25, 0.3) is 0 Å². The van der Waals surface area contributed by atoms with E-state index in [9.17, 15) is 9.82 Å². The molecule has 140 valence electrons. The molecule has 9 heteroatoms. The molecule has 6 nitrogen and oxygen atoms in total. The minimum atomic E-state index is -0.795. The number of carbonyl (C=O) groups is 1. The Morgan fingerprint density at radius 1 is 1.12 bits per heavy atom. The lowest BCUT2D eigenvalue weighted by Gasteiger charge is -2.22. The molecule has 0 aliphatic rings. The van der Waals surface area contributed by atoms with Gasteiger partial charge in [-0.1, -0.05) is 0 Å². The number of amides is 1. The molecule has 0 spiro atoms. The molecule has 0 atom stereocenters. The van der Waals surface area contributed by atoms with Gasteiger partial charge >= 0.3 is 7.05 Å². The highest BCUT2D eigenvalue weighted by atomic mass is 79.9. The van der Waals surface area contributed by atoms with Crippen molar-refractivity contribution in [3.63, 3.8) is 0 Å². The lowest BCUT2D eigenvalue weighted by Crippen LogP contribution is -2.42. The number of pyridine rings is 2. The molecule has 0 radical (unpaired) electrons. The third-order valence-electron chi connectivity index (χ3n) is 3.87. The number of carbonyl (C=O) groups excluding carboxylic acids is 1. The molecular formula is C17H22BBr2N3O3. The van der Waals surface area contributed by atoms with Crippen LogP contribution in [0, 0.1) is 13.8 Å². The second-order valence-corrected chi connectivity index (χ2v) is 7.29. The SMILES string of the molecule is CCN(B(C)O)C(=O)c1cncc(Br)c1C.Cc1c(Br)cncc1CO. The van der Waals surface area contributed by atoms with Crippen LogP contribution >= 0.6 is 31.9 Å². The van der Waals surface area contributed by atoms with E-state index in [1.807, 2.05) is 20.8 Å². The first kappa shape index (κ1) is 22.8. The van der Waals surface area contributed by atoms with Crippen LogP contribution in [0.2, 0.25) is 6.82 Å². The minimum absolute atomic E-state index is 0.0538. The highest BCUT2D eigenvalue weighted by Gasteiger charge is 2.23. The maximum Gasteiger partial charge on any atom is 0.412 e. The summed E-state index contributed by atoms with van der Waals surface area (Å²) in [6, 6.07) is 0. The van der Waals surface area contributed by atoms with Crippen molar-refractivity contribution in [2.45, 2.75) is 34.2 Å². The highest BCUT2D eigenvalue weighted by Crippen LogP contribution is 2.19. The number of aromatic nitrogens is 2. The van der Waals surface area contributed by atoms with Crippen LogP contribution in [-0.2, 0) is 6.61 Å². The molecule has 2 N–H and O–H groups in total. The monoisotopic (exact) mass is 485 g/mol. The molecule has 2 aromatic heterocycles. The van der Waals surface area contributed by atoms with Gasteiger partial charge in [0.2, 0.25) is 5.91 Å². The summed E-state index contributed by atoms with van der Waals surface area (Å²) in [6.07, 6.45) is 6.55. The number of halogens is 2. The summed E-state index contributed by atoms with van der Waals surface area (Å²) in [7, 11) is -0.795.